The van der Waals surface area contributed by atoms with Crippen molar-refractivity contribution in [1.29, 1.82) is 0 Å². The first-order chi connectivity index (χ1) is 15.1. The number of hydrogen-bond acceptors (Lipinski definition) is 2. The van der Waals surface area contributed by atoms with Crippen LogP contribution in [0.2, 0.25) is 10.0 Å². The van der Waals surface area contributed by atoms with Gasteiger partial charge in [0, 0.05) is 33.9 Å². The zero-order chi connectivity index (χ0) is 21.8. The highest BCUT2D eigenvalue weighted by atomic mass is 35.5. The molecule has 4 aromatic rings. The lowest BCUT2D eigenvalue weighted by atomic mass is 10.0. The minimum atomic E-state index is -0.0817. The van der Waals surface area contributed by atoms with Gasteiger partial charge in [0.25, 0.3) is 5.91 Å². The molecule has 1 N–H and O–H groups in total. The predicted molar refractivity (Wildman–Crippen MR) is 128 cm³/mol. The van der Waals surface area contributed by atoms with Crippen LogP contribution in [-0.4, -0.2) is 21.8 Å². The highest BCUT2D eigenvalue weighted by molar-refractivity contribution is 6.31. The van der Waals surface area contributed by atoms with Crippen LogP contribution in [0.3, 0.4) is 0 Å². The number of carbonyl (C=O) groups excluding carboxylic acids is 1. The molecule has 2 aromatic heterocycles. The Balaban J connectivity index is 1.80. The number of aromatic nitrogens is 2. The van der Waals surface area contributed by atoms with Gasteiger partial charge in [0.05, 0.1) is 17.0 Å². The van der Waals surface area contributed by atoms with Crippen molar-refractivity contribution in [2.75, 3.05) is 6.54 Å². The van der Waals surface area contributed by atoms with Crippen molar-refractivity contribution in [3.05, 3.63) is 82.5 Å². The Bertz CT molecular complexity index is 1200. The molecule has 0 spiro atoms. The van der Waals surface area contributed by atoms with E-state index in [2.05, 4.69) is 12.2 Å². The van der Waals surface area contributed by atoms with E-state index in [4.69, 9.17) is 28.2 Å². The van der Waals surface area contributed by atoms with Gasteiger partial charge in [-0.25, -0.2) is 4.98 Å². The van der Waals surface area contributed by atoms with E-state index in [1.807, 2.05) is 71.3 Å². The van der Waals surface area contributed by atoms with Crippen molar-refractivity contribution in [2.24, 2.45) is 0 Å². The number of amides is 1. The quantitative estimate of drug-likeness (QED) is 0.310. The van der Waals surface area contributed by atoms with Crippen molar-refractivity contribution in [3.8, 4) is 22.5 Å². The van der Waals surface area contributed by atoms with Crippen LogP contribution in [0.15, 0.2) is 66.9 Å². The molecule has 2 aromatic carbocycles. The summed E-state index contributed by atoms with van der Waals surface area (Å²) in [5.41, 5.74) is 4.98. The molecular weight excluding hydrogens is 429 g/mol. The number of pyridine rings is 1. The standard InChI is InChI=1S/C25H23Cl2N3O/c1-2-3-4-15-28-25(31)19-9-14-22-29-23(17-5-10-20(26)11-6-17)24(30(22)16-19)18-7-12-21(27)13-8-18/h5-14,16H,2-4,15H2,1H3,(H,28,31). The highest BCUT2D eigenvalue weighted by Crippen LogP contribution is 2.34. The third kappa shape index (κ3) is 4.76. The van der Waals surface area contributed by atoms with Crippen LogP contribution in [0.5, 0.6) is 0 Å². The third-order valence-electron chi connectivity index (χ3n) is 5.18. The molecule has 0 aliphatic carbocycles. The lowest BCUT2D eigenvalue weighted by Gasteiger charge is -2.09. The Kier molecular flexibility index (Phi) is 6.59. The van der Waals surface area contributed by atoms with E-state index in [1.165, 1.54) is 0 Å². The summed E-state index contributed by atoms with van der Waals surface area (Å²) in [7, 11) is 0. The van der Waals surface area contributed by atoms with Crippen LogP contribution in [0.25, 0.3) is 28.2 Å². The molecule has 0 saturated heterocycles. The summed E-state index contributed by atoms with van der Waals surface area (Å²) in [6.07, 6.45) is 5.05. The molecule has 0 bridgehead atoms. The number of benzene rings is 2. The maximum atomic E-state index is 12.7. The second-order valence-corrected chi connectivity index (χ2v) is 8.30. The second-order valence-electron chi connectivity index (χ2n) is 7.43. The van der Waals surface area contributed by atoms with Crippen LogP contribution in [0.4, 0.5) is 0 Å². The zero-order valence-electron chi connectivity index (χ0n) is 17.2. The molecule has 0 unspecified atom stereocenters. The van der Waals surface area contributed by atoms with Gasteiger partial charge in [-0.2, -0.15) is 0 Å². The topological polar surface area (TPSA) is 46.4 Å². The van der Waals surface area contributed by atoms with E-state index in [0.29, 0.717) is 22.2 Å². The SMILES string of the molecule is CCCCCNC(=O)c1ccc2nc(-c3ccc(Cl)cc3)c(-c3ccc(Cl)cc3)n2c1. The molecule has 0 radical (unpaired) electrons. The molecule has 1 amide bonds. The average molecular weight is 452 g/mol. The van der Waals surface area contributed by atoms with Gasteiger partial charge in [-0.1, -0.05) is 67.2 Å². The van der Waals surface area contributed by atoms with Gasteiger partial charge in [-0.05, 0) is 42.8 Å². The lowest BCUT2D eigenvalue weighted by molar-refractivity contribution is 0.0952. The third-order valence-corrected chi connectivity index (χ3v) is 5.69. The van der Waals surface area contributed by atoms with Gasteiger partial charge in [-0.15, -0.1) is 0 Å². The number of nitrogens with one attached hydrogen (secondary N) is 1. The summed E-state index contributed by atoms with van der Waals surface area (Å²) < 4.78 is 1.97. The molecule has 0 aliphatic rings. The molecule has 0 saturated carbocycles. The Hall–Kier alpha value is -2.82. The Labute approximate surface area is 191 Å². The van der Waals surface area contributed by atoms with Crippen LogP contribution >= 0.6 is 23.2 Å². The number of nitrogens with zero attached hydrogens (tertiary/aromatic N) is 2. The van der Waals surface area contributed by atoms with Gasteiger partial charge < -0.3 is 5.32 Å². The van der Waals surface area contributed by atoms with Gasteiger partial charge in [0.1, 0.15) is 5.65 Å². The fourth-order valence-electron chi connectivity index (χ4n) is 3.55. The van der Waals surface area contributed by atoms with Gasteiger partial charge in [0.15, 0.2) is 0 Å². The highest BCUT2D eigenvalue weighted by Gasteiger charge is 2.17. The minimum Gasteiger partial charge on any atom is -0.352 e. The summed E-state index contributed by atoms with van der Waals surface area (Å²) in [6.45, 7) is 2.82. The van der Waals surface area contributed by atoms with Crippen molar-refractivity contribution >= 4 is 34.8 Å². The number of imidazole rings is 1. The second kappa shape index (κ2) is 9.54. The van der Waals surface area contributed by atoms with Gasteiger partial charge >= 0.3 is 0 Å². The zero-order valence-corrected chi connectivity index (χ0v) is 18.7. The number of fused-ring (bicyclic) bond motifs is 1. The van der Waals surface area contributed by atoms with E-state index in [-0.39, 0.29) is 5.91 Å². The smallest absolute Gasteiger partial charge is 0.252 e. The van der Waals surface area contributed by atoms with Crippen LogP contribution < -0.4 is 5.32 Å². The molecule has 158 valence electrons. The molecule has 0 aliphatic heterocycles. The van der Waals surface area contributed by atoms with Crippen molar-refractivity contribution < 1.29 is 4.79 Å². The Morgan fingerprint density at radius 1 is 0.903 bits per heavy atom. The summed E-state index contributed by atoms with van der Waals surface area (Å²) in [6, 6.07) is 18.9. The van der Waals surface area contributed by atoms with Crippen molar-refractivity contribution in [3.63, 3.8) is 0 Å². The molecule has 2 heterocycles. The summed E-state index contributed by atoms with van der Waals surface area (Å²) in [5.74, 6) is -0.0817. The molecule has 4 rings (SSSR count). The van der Waals surface area contributed by atoms with Gasteiger partial charge in [-0.3, -0.25) is 9.20 Å². The normalized spacial score (nSPS) is 11.1. The van der Waals surface area contributed by atoms with Crippen molar-refractivity contribution in [1.82, 2.24) is 14.7 Å². The summed E-state index contributed by atoms with van der Waals surface area (Å²) in [4.78, 5) is 17.5. The fraction of sp³-hybridized carbons (Fsp3) is 0.200. The molecule has 31 heavy (non-hydrogen) atoms. The number of halogens is 2. The number of carbonyl (C=O) groups is 1. The van der Waals surface area contributed by atoms with E-state index >= 15 is 0 Å². The first kappa shape index (κ1) is 21.4. The first-order valence-electron chi connectivity index (χ1n) is 10.4. The Morgan fingerprint density at radius 2 is 1.55 bits per heavy atom. The van der Waals surface area contributed by atoms with Crippen molar-refractivity contribution in [2.45, 2.75) is 26.2 Å². The minimum absolute atomic E-state index is 0.0817. The molecule has 0 fully saturated rings. The predicted octanol–water partition coefficient (Wildman–Crippen LogP) is 6.90. The lowest BCUT2D eigenvalue weighted by Crippen LogP contribution is -2.24. The maximum Gasteiger partial charge on any atom is 0.252 e. The van der Waals surface area contributed by atoms with Crippen LogP contribution in [-0.2, 0) is 0 Å². The number of rotatable bonds is 7. The van der Waals surface area contributed by atoms with E-state index in [0.717, 1.165) is 47.4 Å². The van der Waals surface area contributed by atoms with E-state index < -0.39 is 0 Å². The average Bonchev–Trinajstić information content (AvgIpc) is 3.16. The molecule has 4 nitrogen and oxygen atoms in total. The maximum absolute atomic E-state index is 12.7. The summed E-state index contributed by atoms with van der Waals surface area (Å²) >= 11 is 12.2. The van der Waals surface area contributed by atoms with E-state index in [9.17, 15) is 4.79 Å². The molecule has 6 heteroatoms. The Morgan fingerprint density at radius 3 is 2.19 bits per heavy atom. The monoisotopic (exact) mass is 451 g/mol. The summed E-state index contributed by atoms with van der Waals surface area (Å²) in [5, 5.41) is 4.34. The largest absolute Gasteiger partial charge is 0.352 e. The molecule has 0 atom stereocenters. The van der Waals surface area contributed by atoms with Crippen LogP contribution in [0.1, 0.15) is 36.5 Å². The number of hydrogen-bond donors (Lipinski definition) is 1. The number of unbranched alkanes of at least 4 members (excludes halogenated alkanes) is 2. The van der Waals surface area contributed by atoms with E-state index in [1.54, 1.807) is 0 Å². The van der Waals surface area contributed by atoms with Crippen LogP contribution in [0, 0.1) is 0 Å². The van der Waals surface area contributed by atoms with Gasteiger partial charge in [0.2, 0.25) is 0 Å². The first-order valence-corrected chi connectivity index (χ1v) is 11.1. The fourth-order valence-corrected chi connectivity index (χ4v) is 3.80. The molecular formula is C25H23Cl2N3O.